The third kappa shape index (κ3) is 4.09. The minimum absolute atomic E-state index is 0.200. The number of imide groups is 1. The van der Waals surface area contributed by atoms with Crippen molar-refractivity contribution in [2.45, 2.75) is 34.1 Å². The van der Waals surface area contributed by atoms with Gasteiger partial charge in [0, 0.05) is 18.8 Å². The molecule has 2 amide bonds. The molecule has 162 valence electrons. The zero-order valence-electron chi connectivity index (χ0n) is 18.7. The molecule has 2 aliphatic rings. The third-order valence-corrected chi connectivity index (χ3v) is 5.57. The first-order chi connectivity index (χ1) is 14.9. The first-order valence-corrected chi connectivity index (χ1v) is 11.1. The van der Waals surface area contributed by atoms with E-state index < -0.39 is 0 Å². The summed E-state index contributed by atoms with van der Waals surface area (Å²) in [5.74, 6) is 0.982. The summed E-state index contributed by atoms with van der Waals surface area (Å²) in [7, 11) is 0. The Morgan fingerprint density at radius 3 is 2.29 bits per heavy atom. The fourth-order valence-electron chi connectivity index (χ4n) is 4.16. The van der Waals surface area contributed by atoms with Crippen molar-refractivity contribution in [2.24, 2.45) is 11.8 Å². The molecule has 0 atom stereocenters. The van der Waals surface area contributed by atoms with Crippen LogP contribution in [0.3, 0.4) is 0 Å². The molecule has 5 nitrogen and oxygen atoms in total. The Morgan fingerprint density at radius 2 is 1.61 bits per heavy atom. The highest BCUT2D eigenvalue weighted by atomic mass is 16.5. The number of rotatable bonds is 7. The summed E-state index contributed by atoms with van der Waals surface area (Å²) in [6.07, 6.45) is 0.862. The van der Waals surface area contributed by atoms with Crippen LogP contribution in [0.2, 0.25) is 0 Å². The molecule has 2 aliphatic heterocycles. The summed E-state index contributed by atoms with van der Waals surface area (Å²) in [6.45, 7) is 9.99. The fraction of sp³-hybridized carbons (Fsp3) is 0.385. The van der Waals surface area contributed by atoms with Crippen molar-refractivity contribution in [1.29, 1.82) is 0 Å². The number of carbonyl (C=O) groups is 2. The molecule has 0 radical (unpaired) electrons. The summed E-state index contributed by atoms with van der Waals surface area (Å²) in [5, 5.41) is 0. The van der Waals surface area contributed by atoms with Gasteiger partial charge in [-0.2, -0.15) is 0 Å². The van der Waals surface area contributed by atoms with Gasteiger partial charge in [-0.1, -0.05) is 58.0 Å². The molecule has 2 aromatic rings. The Morgan fingerprint density at radius 1 is 0.903 bits per heavy atom. The number of benzene rings is 2. The second kappa shape index (κ2) is 8.58. The molecule has 2 heterocycles. The lowest BCUT2D eigenvalue weighted by Crippen LogP contribution is -2.37. The van der Waals surface area contributed by atoms with Crippen molar-refractivity contribution in [3.8, 4) is 5.75 Å². The van der Waals surface area contributed by atoms with Gasteiger partial charge in [0.1, 0.15) is 11.4 Å². The van der Waals surface area contributed by atoms with Gasteiger partial charge in [0.15, 0.2) is 0 Å². The Bertz CT molecular complexity index is 1020. The fourth-order valence-corrected chi connectivity index (χ4v) is 4.16. The van der Waals surface area contributed by atoms with Gasteiger partial charge < -0.3 is 9.64 Å². The van der Waals surface area contributed by atoms with Crippen LogP contribution in [-0.2, 0) is 16.0 Å². The molecule has 0 spiro atoms. The second-order valence-corrected chi connectivity index (χ2v) is 9.10. The number of ether oxygens (including phenoxy) is 1. The van der Waals surface area contributed by atoms with E-state index in [0.29, 0.717) is 36.9 Å². The highest BCUT2D eigenvalue weighted by Gasteiger charge is 2.43. The SMILES string of the molecule is CC(C)COc1ccc(C2=C(N3CCc4ccccc43)C(=O)N(CC(C)C)C2=O)cc1. The van der Waals surface area contributed by atoms with Crippen molar-refractivity contribution >= 4 is 23.1 Å². The summed E-state index contributed by atoms with van der Waals surface area (Å²) >= 11 is 0. The van der Waals surface area contributed by atoms with E-state index in [2.05, 4.69) is 19.9 Å². The Kier molecular flexibility index (Phi) is 5.86. The molecule has 0 saturated heterocycles. The second-order valence-electron chi connectivity index (χ2n) is 9.10. The first kappa shape index (κ1) is 21.2. The number of para-hydroxylation sites is 1. The standard InChI is InChI=1S/C26H30N2O3/c1-17(2)15-28-25(29)23(20-9-11-21(12-10-20)31-16-18(3)4)24(26(28)30)27-14-13-19-7-5-6-8-22(19)27/h5-12,17-18H,13-16H2,1-4H3. The van der Waals surface area contributed by atoms with Crippen molar-refractivity contribution in [3.05, 3.63) is 65.4 Å². The molecule has 5 heteroatoms. The van der Waals surface area contributed by atoms with Gasteiger partial charge in [-0.3, -0.25) is 14.5 Å². The number of hydrogen-bond donors (Lipinski definition) is 0. The van der Waals surface area contributed by atoms with Crippen molar-refractivity contribution in [1.82, 2.24) is 4.90 Å². The third-order valence-electron chi connectivity index (χ3n) is 5.57. The predicted molar refractivity (Wildman–Crippen MR) is 123 cm³/mol. The molecule has 31 heavy (non-hydrogen) atoms. The van der Waals surface area contributed by atoms with Gasteiger partial charge >= 0.3 is 0 Å². The van der Waals surface area contributed by atoms with Crippen molar-refractivity contribution in [3.63, 3.8) is 0 Å². The lowest BCUT2D eigenvalue weighted by Gasteiger charge is -2.22. The average molecular weight is 419 g/mol. The van der Waals surface area contributed by atoms with Crippen LogP contribution in [0.5, 0.6) is 5.75 Å². The lowest BCUT2D eigenvalue weighted by molar-refractivity contribution is -0.137. The molecule has 0 fully saturated rings. The lowest BCUT2D eigenvalue weighted by atomic mass is 10.0. The number of hydrogen-bond acceptors (Lipinski definition) is 4. The van der Waals surface area contributed by atoms with Gasteiger partial charge in [-0.25, -0.2) is 0 Å². The molecule has 0 saturated carbocycles. The monoisotopic (exact) mass is 418 g/mol. The molecule has 0 unspecified atom stereocenters. The summed E-state index contributed by atoms with van der Waals surface area (Å²) in [6, 6.07) is 15.6. The van der Waals surface area contributed by atoms with Gasteiger partial charge in [-0.15, -0.1) is 0 Å². The maximum absolute atomic E-state index is 13.5. The molecular weight excluding hydrogens is 388 g/mol. The highest BCUT2D eigenvalue weighted by molar-refractivity contribution is 6.36. The Hall–Kier alpha value is -3.08. The molecular formula is C26H30N2O3. The zero-order chi connectivity index (χ0) is 22.1. The van der Waals surface area contributed by atoms with E-state index in [1.54, 1.807) is 0 Å². The minimum atomic E-state index is -0.214. The highest BCUT2D eigenvalue weighted by Crippen LogP contribution is 2.39. The van der Waals surface area contributed by atoms with Crippen LogP contribution >= 0.6 is 0 Å². The van der Waals surface area contributed by atoms with Crippen molar-refractivity contribution in [2.75, 3.05) is 24.6 Å². The summed E-state index contributed by atoms with van der Waals surface area (Å²) < 4.78 is 5.79. The van der Waals surface area contributed by atoms with E-state index in [4.69, 9.17) is 4.74 Å². The van der Waals surface area contributed by atoms with E-state index in [1.165, 1.54) is 10.5 Å². The minimum Gasteiger partial charge on any atom is -0.493 e. The number of amides is 2. The van der Waals surface area contributed by atoms with Crippen LogP contribution in [0.4, 0.5) is 5.69 Å². The van der Waals surface area contributed by atoms with Gasteiger partial charge in [0.2, 0.25) is 0 Å². The number of nitrogens with zero attached hydrogens (tertiary/aromatic N) is 2. The van der Waals surface area contributed by atoms with Crippen LogP contribution in [0.25, 0.3) is 5.57 Å². The van der Waals surface area contributed by atoms with Crippen molar-refractivity contribution < 1.29 is 14.3 Å². The maximum Gasteiger partial charge on any atom is 0.278 e. The van der Waals surface area contributed by atoms with E-state index in [9.17, 15) is 9.59 Å². The van der Waals surface area contributed by atoms with Crippen LogP contribution in [-0.4, -0.2) is 36.4 Å². The molecule has 0 aromatic heterocycles. The number of carbonyl (C=O) groups excluding carboxylic acids is 2. The topological polar surface area (TPSA) is 49.9 Å². The van der Waals surface area contributed by atoms with Crippen LogP contribution in [0, 0.1) is 11.8 Å². The Balaban J connectivity index is 1.75. The van der Waals surface area contributed by atoms with Crippen LogP contribution in [0.15, 0.2) is 54.2 Å². The number of anilines is 1. The Labute approximate surface area is 184 Å². The molecule has 2 aromatic carbocycles. The summed E-state index contributed by atoms with van der Waals surface area (Å²) in [4.78, 5) is 30.3. The largest absolute Gasteiger partial charge is 0.493 e. The predicted octanol–water partition coefficient (Wildman–Crippen LogP) is 4.52. The smallest absolute Gasteiger partial charge is 0.278 e. The molecule has 0 N–H and O–H groups in total. The molecule has 0 bridgehead atoms. The summed E-state index contributed by atoms with van der Waals surface area (Å²) in [5.41, 5.74) is 3.94. The van der Waals surface area contributed by atoms with E-state index in [0.717, 1.165) is 23.4 Å². The van der Waals surface area contributed by atoms with Gasteiger partial charge in [0.25, 0.3) is 11.8 Å². The van der Waals surface area contributed by atoms with E-state index in [-0.39, 0.29) is 17.7 Å². The quantitative estimate of drug-likeness (QED) is 0.621. The molecule has 0 aliphatic carbocycles. The van der Waals surface area contributed by atoms with Gasteiger partial charge in [0.05, 0.1) is 12.2 Å². The first-order valence-electron chi connectivity index (χ1n) is 11.1. The van der Waals surface area contributed by atoms with E-state index in [1.807, 2.05) is 61.2 Å². The number of fused-ring (bicyclic) bond motifs is 1. The van der Waals surface area contributed by atoms with Crippen LogP contribution < -0.4 is 9.64 Å². The van der Waals surface area contributed by atoms with Gasteiger partial charge in [-0.05, 0) is 47.6 Å². The van der Waals surface area contributed by atoms with Crippen LogP contribution in [0.1, 0.15) is 38.8 Å². The average Bonchev–Trinajstić information content (AvgIpc) is 3.26. The zero-order valence-corrected chi connectivity index (χ0v) is 18.7. The normalized spacial score (nSPS) is 16.2. The molecule has 4 rings (SSSR count). The maximum atomic E-state index is 13.5. The van der Waals surface area contributed by atoms with E-state index >= 15 is 0 Å².